The SMILES string of the molecule is O=C(NCc1cccnc1)c1ccc(N2CCC(NC3[C@H]4CC5C[C@H]3CC(O)(C5)C4)CC2)cc1. The molecule has 1 amide bonds. The first-order chi connectivity index (χ1) is 16.5. The Morgan fingerprint density at radius 1 is 1.06 bits per heavy atom. The maximum atomic E-state index is 12.5. The number of nitrogens with zero attached hydrogens (tertiary/aromatic N) is 2. The summed E-state index contributed by atoms with van der Waals surface area (Å²) >= 11 is 0. The standard InChI is InChI=1S/C28H36N4O2/c33-27(30-18-19-2-1-9-29-17-19)21-3-5-25(6-4-21)32-10-7-24(8-11-32)31-26-22-12-20-13-23(26)16-28(34,14-20)15-22/h1-6,9,17,20,22-24,26,31,34H,7-8,10-16,18H2,(H,30,33)/t20?,22-,23-,26?,28?/m0/s1. The first-order valence-corrected chi connectivity index (χ1v) is 13.1. The lowest BCUT2D eigenvalue weighted by Crippen LogP contribution is -2.62. The Morgan fingerprint density at radius 2 is 1.79 bits per heavy atom. The second-order valence-corrected chi connectivity index (χ2v) is 11.2. The smallest absolute Gasteiger partial charge is 0.251 e. The molecule has 1 aromatic carbocycles. The molecule has 3 N–H and O–H groups in total. The summed E-state index contributed by atoms with van der Waals surface area (Å²) in [6.45, 7) is 2.56. The van der Waals surface area contributed by atoms with Crippen LogP contribution >= 0.6 is 0 Å². The molecule has 180 valence electrons. The van der Waals surface area contributed by atoms with Crippen LogP contribution in [0.1, 0.15) is 60.9 Å². The van der Waals surface area contributed by atoms with Gasteiger partial charge in [-0.1, -0.05) is 6.07 Å². The van der Waals surface area contributed by atoms with Crippen LogP contribution in [0.15, 0.2) is 48.8 Å². The van der Waals surface area contributed by atoms with Crippen molar-refractivity contribution in [2.45, 2.75) is 69.2 Å². The molecule has 0 radical (unpaired) electrons. The zero-order valence-corrected chi connectivity index (χ0v) is 19.8. The highest BCUT2D eigenvalue weighted by molar-refractivity contribution is 5.94. The number of nitrogens with one attached hydrogen (secondary N) is 2. The zero-order chi connectivity index (χ0) is 23.1. The molecule has 2 aromatic rings. The molecule has 0 unspecified atom stereocenters. The Balaban J connectivity index is 0.995. The monoisotopic (exact) mass is 460 g/mol. The third-order valence-corrected chi connectivity index (χ3v) is 8.83. The molecule has 5 fully saturated rings. The minimum absolute atomic E-state index is 0.0568. The van der Waals surface area contributed by atoms with Crippen LogP contribution in [0, 0.1) is 17.8 Å². The summed E-state index contributed by atoms with van der Waals surface area (Å²) < 4.78 is 0. The lowest BCUT2D eigenvalue weighted by atomic mass is 9.52. The zero-order valence-electron chi connectivity index (χ0n) is 19.8. The van der Waals surface area contributed by atoms with Crippen molar-refractivity contribution in [1.29, 1.82) is 0 Å². The van der Waals surface area contributed by atoms with Crippen molar-refractivity contribution < 1.29 is 9.90 Å². The van der Waals surface area contributed by atoms with Crippen molar-refractivity contribution in [1.82, 2.24) is 15.6 Å². The van der Waals surface area contributed by atoms with E-state index in [9.17, 15) is 9.90 Å². The van der Waals surface area contributed by atoms with Gasteiger partial charge in [-0.25, -0.2) is 0 Å². The molecular formula is C28H36N4O2. The minimum atomic E-state index is -0.347. The van der Waals surface area contributed by atoms with Crippen molar-refractivity contribution in [3.05, 3.63) is 59.9 Å². The minimum Gasteiger partial charge on any atom is -0.390 e. The fourth-order valence-corrected chi connectivity index (χ4v) is 7.44. The largest absolute Gasteiger partial charge is 0.390 e. The van der Waals surface area contributed by atoms with Gasteiger partial charge in [0.15, 0.2) is 0 Å². The number of carbonyl (C=O) groups excluding carboxylic acids is 1. The summed E-state index contributed by atoms with van der Waals surface area (Å²) in [6.07, 6.45) is 11.5. The Bertz CT molecular complexity index is 987. The molecule has 4 saturated carbocycles. The molecular weight excluding hydrogens is 424 g/mol. The first kappa shape index (κ1) is 22.1. The maximum Gasteiger partial charge on any atom is 0.251 e. The van der Waals surface area contributed by atoms with Crippen LogP contribution in [0.5, 0.6) is 0 Å². The molecule has 34 heavy (non-hydrogen) atoms. The van der Waals surface area contributed by atoms with E-state index in [1.165, 1.54) is 18.5 Å². The van der Waals surface area contributed by atoms with Gasteiger partial charge < -0.3 is 20.6 Å². The Hall–Kier alpha value is -2.44. The number of anilines is 1. The van der Waals surface area contributed by atoms with Gasteiger partial charge in [0, 0.05) is 55.4 Å². The van der Waals surface area contributed by atoms with Crippen molar-refractivity contribution >= 4 is 11.6 Å². The van der Waals surface area contributed by atoms with E-state index in [0.29, 0.717) is 36.0 Å². The molecule has 1 saturated heterocycles. The summed E-state index contributed by atoms with van der Waals surface area (Å²) in [5.41, 5.74) is 2.53. The predicted octanol–water partition coefficient (Wildman–Crippen LogP) is 3.51. The van der Waals surface area contributed by atoms with Crippen LogP contribution in [-0.2, 0) is 6.54 Å². The second kappa shape index (κ2) is 8.97. The number of benzene rings is 1. The van der Waals surface area contributed by atoms with E-state index in [1.54, 1.807) is 12.4 Å². The molecule has 2 heterocycles. The van der Waals surface area contributed by atoms with E-state index in [1.807, 2.05) is 24.3 Å². The fourth-order valence-electron chi connectivity index (χ4n) is 7.44. The average molecular weight is 461 g/mol. The van der Waals surface area contributed by atoms with Gasteiger partial charge in [-0.15, -0.1) is 0 Å². The quantitative estimate of drug-likeness (QED) is 0.615. The van der Waals surface area contributed by atoms with Crippen molar-refractivity contribution in [2.75, 3.05) is 18.0 Å². The van der Waals surface area contributed by atoms with E-state index in [2.05, 4.69) is 32.7 Å². The Kier molecular flexibility index (Phi) is 5.82. The molecule has 6 nitrogen and oxygen atoms in total. The number of carbonyl (C=O) groups is 1. The highest BCUT2D eigenvalue weighted by Crippen LogP contribution is 2.55. The predicted molar refractivity (Wildman–Crippen MR) is 133 cm³/mol. The molecule has 4 aliphatic carbocycles. The summed E-state index contributed by atoms with van der Waals surface area (Å²) in [6, 6.07) is 13.0. The summed E-state index contributed by atoms with van der Waals surface area (Å²) in [5.74, 6) is 2.05. The molecule has 2 atom stereocenters. The van der Waals surface area contributed by atoms with Crippen molar-refractivity contribution in [3.63, 3.8) is 0 Å². The highest BCUT2D eigenvalue weighted by atomic mass is 16.3. The lowest BCUT2D eigenvalue weighted by Gasteiger charge is -2.59. The number of pyridine rings is 1. The van der Waals surface area contributed by atoms with Crippen LogP contribution in [-0.4, -0.2) is 46.8 Å². The van der Waals surface area contributed by atoms with Gasteiger partial charge in [-0.2, -0.15) is 0 Å². The molecule has 1 aromatic heterocycles. The number of aromatic nitrogens is 1. The molecule has 4 bridgehead atoms. The van der Waals surface area contributed by atoms with Gasteiger partial charge in [-0.3, -0.25) is 9.78 Å². The van der Waals surface area contributed by atoms with Crippen LogP contribution < -0.4 is 15.5 Å². The van der Waals surface area contributed by atoms with E-state index in [-0.39, 0.29) is 11.5 Å². The van der Waals surface area contributed by atoms with Gasteiger partial charge in [0.1, 0.15) is 0 Å². The van der Waals surface area contributed by atoms with Gasteiger partial charge in [0.2, 0.25) is 0 Å². The van der Waals surface area contributed by atoms with E-state index >= 15 is 0 Å². The molecule has 0 spiro atoms. The number of hydrogen-bond acceptors (Lipinski definition) is 5. The second-order valence-electron chi connectivity index (χ2n) is 11.2. The summed E-state index contributed by atoms with van der Waals surface area (Å²) in [4.78, 5) is 19.0. The first-order valence-electron chi connectivity index (χ1n) is 13.1. The summed E-state index contributed by atoms with van der Waals surface area (Å²) in [7, 11) is 0. The van der Waals surface area contributed by atoms with E-state index in [4.69, 9.17) is 0 Å². The fraction of sp³-hybridized carbons (Fsp3) is 0.571. The molecule has 1 aliphatic heterocycles. The molecule has 6 heteroatoms. The van der Waals surface area contributed by atoms with E-state index in [0.717, 1.165) is 56.7 Å². The maximum absolute atomic E-state index is 12.5. The van der Waals surface area contributed by atoms with Crippen molar-refractivity contribution in [3.8, 4) is 0 Å². The average Bonchev–Trinajstić information content (AvgIpc) is 2.85. The van der Waals surface area contributed by atoms with E-state index < -0.39 is 0 Å². The highest BCUT2D eigenvalue weighted by Gasteiger charge is 2.54. The molecule has 7 rings (SSSR count). The van der Waals surface area contributed by atoms with Gasteiger partial charge in [0.05, 0.1) is 5.60 Å². The lowest BCUT2D eigenvalue weighted by molar-refractivity contribution is -0.140. The molecule has 5 aliphatic rings. The number of amides is 1. The van der Waals surface area contributed by atoms with Crippen LogP contribution in [0.2, 0.25) is 0 Å². The summed E-state index contributed by atoms with van der Waals surface area (Å²) in [5, 5.41) is 17.9. The topological polar surface area (TPSA) is 77.5 Å². The van der Waals surface area contributed by atoms with Crippen molar-refractivity contribution in [2.24, 2.45) is 17.8 Å². The van der Waals surface area contributed by atoms with Gasteiger partial charge >= 0.3 is 0 Å². The normalized spacial score (nSPS) is 32.7. The van der Waals surface area contributed by atoms with Gasteiger partial charge in [-0.05, 0) is 98.6 Å². The van der Waals surface area contributed by atoms with Crippen LogP contribution in [0.4, 0.5) is 5.69 Å². The Labute approximate surface area is 202 Å². The van der Waals surface area contributed by atoms with Crippen LogP contribution in [0.3, 0.4) is 0 Å². The Morgan fingerprint density at radius 3 is 2.44 bits per heavy atom. The number of aliphatic hydroxyl groups is 1. The third-order valence-electron chi connectivity index (χ3n) is 8.83. The number of piperidine rings is 1. The van der Waals surface area contributed by atoms with Gasteiger partial charge in [0.25, 0.3) is 5.91 Å². The third kappa shape index (κ3) is 4.46. The number of hydrogen-bond donors (Lipinski definition) is 3. The number of rotatable bonds is 6. The van der Waals surface area contributed by atoms with Crippen LogP contribution in [0.25, 0.3) is 0 Å².